The first-order valence-corrected chi connectivity index (χ1v) is 14.5. The van der Waals surface area contributed by atoms with Crippen molar-refractivity contribution in [1.82, 2.24) is 10.2 Å². The minimum absolute atomic E-state index is 0.0105. The molecule has 1 unspecified atom stereocenters. The highest BCUT2D eigenvalue weighted by atomic mass is 35.5. The van der Waals surface area contributed by atoms with Crippen LogP contribution < -0.4 is 16.0 Å². The molecular weight excluding hydrogens is 552 g/mol. The van der Waals surface area contributed by atoms with Crippen molar-refractivity contribution in [3.63, 3.8) is 0 Å². The largest absolute Gasteiger partial charge is 0.384 e. The van der Waals surface area contributed by atoms with Crippen molar-refractivity contribution in [2.24, 2.45) is 5.73 Å². The van der Waals surface area contributed by atoms with Gasteiger partial charge in [0.15, 0.2) is 10.1 Å². The Hall–Kier alpha value is -3.65. The smallest absolute Gasteiger partial charge is 0.234 e. The average Bonchev–Trinajstić information content (AvgIpc) is 3.38. The van der Waals surface area contributed by atoms with E-state index in [1.165, 1.54) is 23.1 Å². The first-order valence-electron chi connectivity index (χ1n) is 12.3. The van der Waals surface area contributed by atoms with Gasteiger partial charge in [0.05, 0.1) is 23.3 Å². The van der Waals surface area contributed by atoms with Crippen molar-refractivity contribution in [3.8, 4) is 6.07 Å². The summed E-state index contributed by atoms with van der Waals surface area (Å²) < 4.78 is 0.580. The number of hydrogen-bond donors (Lipinski definition) is 2. The number of aryl methyl sites for hydroxylation is 1. The Bertz CT molecular complexity index is 1570. The van der Waals surface area contributed by atoms with Crippen LogP contribution in [0, 0.1) is 25.2 Å². The van der Waals surface area contributed by atoms with Crippen molar-refractivity contribution in [2.75, 3.05) is 16.0 Å². The summed E-state index contributed by atoms with van der Waals surface area (Å²) >= 11 is 8.62. The molecule has 0 saturated carbocycles. The van der Waals surface area contributed by atoms with E-state index in [4.69, 9.17) is 17.3 Å². The van der Waals surface area contributed by atoms with E-state index in [0.717, 1.165) is 28.1 Å². The molecule has 198 valence electrons. The zero-order valence-corrected chi connectivity index (χ0v) is 23.7. The highest BCUT2D eigenvalue weighted by Crippen LogP contribution is 2.47. The van der Waals surface area contributed by atoms with Gasteiger partial charge in [-0.2, -0.15) is 5.26 Å². The van der Waals surface area contributed by atoms with Crippen LogP contribution in [0.15, 0.2) is 69.5 Å². The highest BCUT2D eigenvalue weighted by Gasteiger charge is 2.41. The quantitative estimate of drug-likeness (QED) is 0.350. The Labute approximate surface area is 239 Å². The number of nitrogens with zero attached hydrogens (tertiary/aromatic N) is 4. The van der Waals surface area contributed by atoms with Crippen molar-refractivity contribution in [1.29, 1.82) is 5.26 Å². The number of benzene rings is 2. The van der Waals surface area contributed by atoms with Gasteiger partial charge in [0.25, 0.3) is 0 Å². The Balaban J connectivity index is 1.41. The summed E-state index contributed by atoms with van der Waals surface area (Å²) in [6.45, 7) is 3.97. The zero-order valence-electron chi connectivity index (χ0n) is 21.3. The van der Waals surface area contributed by atoms with Gasteiger partial charge in [-0.15, -0.1) is 10.2 Å². The summed E-state index contributed by atoms with van der Waals surface area (Å²) in [7, 11) is 0. The number of Topliss-reactive ketones (excluding diaryl/α,β-unsaturated/α-hetero) is 1. The monoisotopic (exact) mass is 576 g/mol. The van der Waals surface area contributed by atoms with Gasteiger partial charge in [0.1, 0.15) is 5.82 Å². The highest BCUT2D eigenvalue weighted by molar-refractivity contribution is 8.01. The van der Waals surface area contributed by atoms with Crippen LogP contribution in [0.1, 0.15) is 41.9 Å². The fourth-order valence-electron chi connectivity index (χ4n) is 4.84. The molecule has 2 heterocycles. The molecule has 2 aromatic carbocycles. The number of nitrogens with two attached hydrogens (primary N) is 1. The first-order chi connectivity index (χ1) is 18.8. The predicted octanol–water partition coefficient (Wildman–Crippen LogP) is 5.84. The lowest BCUT2D eigenvalue weighted by atomic mass is 9.76. The Morgan fingerprint density at radius 1 is 1.23 bits per heavy atom. The van der Waals surface area contributed by atoms with Gasteiger partial charge < -0.3 is 11.1 Å². The number of allylic oxidation sites excluding steroid dienone is 3. The van der Waals surface area contributed by atoms with Gasteiger partial charge in [-0.3, -0.25) is 14.5 Å². The van der Waals surface area contributed by atoms with Crippen molar-refractivity contribution in [3.05, 3.63) is 86.8 Å². The van der Waals surface area contributed by atoms with Crippen LogP contribution in [0.4, 0.5) is 10.8 Å². The third-order valence-corrected chi connectivity index (χ3v) is 9.20. The van der Waals surface area contributed by atoms with E-state index >= 15 is 0 Å². The van der Waals surface area contributed by atoms with Gasteiger partial charge >= 0.3 is 0 Å². The number of carbonyl (C=O) groups excluding carboxylic acids is 2. The third-order valence-electron chi connectivity index (χ3n) is 6.91. The molecule has 1 amide bonds. The lowest BCUT2D eigenvalue weighted by Crippen LogP contribution is -2.38. The predicted molar refractivity (Wildman–Crippen MR) is 155 cm³/mol. The number of ketones is 1. The SMILES string of the molecule is Cc1cccc(NC(=O)CSc2nnc(N3C(N)=C(C#N)C(c4ccc(Cl)cc4)C4=C3CCCC4=O)s2)c1C. The molecule has 3 N–H and O–H groups in total. The maximum atomic E-state index is 13.2. The molecular formula is C28H25ClN6O2S2. The number of amides is 1. The Morgan fingerprint density at radius 2 is 2.00 bits per heavy atom. The van der Waals surface area contributed by atoms with Gasteiger partial charge in [-0.1, -0.05) is 59.0 Å². The van der Waals surface area contributed by atoms with Crippen LogP contribution >= 0.6 is 34.7 Å². The second-order valence-corrected chi connectivity index (χ2v) is 11.9. The van der Waals surface area contributed by atoms with Crippen molar-refractivity contribution < 1.29 is 9.59 Å². The van der Waals surface area contributed by atoms with Crippen LogP contribution in [-0.2, 0) is 9.59 Å². The van der Waals surface area contributed by atoms with Gasteiger partial charge in [0.2, 0.25) is 11.0 Å². The molecule has 3 aromatic rings. The standard InChI is InChI=1S/C28H25ClN6O2S2/c1-15-5-3-6-20(16(15)2)32-23(37)14-38-28-34-33-27(39-28)35-21-7-4-8-22(36)25(21)24(19(13-30)26(35)31)17-9-11-18(29)12-10-17/h3,5-6,9-12,24H,4,7-8,14,31H2,1-2H3,(H,32,37). The molecule has 0 saturated heterocycles. The second kappa shape index (κ2) is 11.2. The molecule has 0 radical (unpaired) electrons. The number of carbonyl (C=O) groups is 2. The van der Waals surface area contributed by atoms with Gasteiger partial charge in [-0.05, 0) is 61.6 Å². The topological polar surface area (TPSA) is 125 Å². The molecule has 0 bridgehead atoms. The summed E-state index contributed by atoms with van der Waals surface area (Å²) in [6, 6.07) is 15.2. The summed E-state index contributed by atoms with van der Waals surface area (Å²) in [5, 5.41) is 22.7. The van der Waals surface area contributed by atoms with Crippen LogP contribution in [0.25, 0.3) is 0 Å². The van der Waals surface area contributed by atoms with Crippen LogP contribution in [0.2, 0.25) is 5.02 Å². The number of nitriles is 1. The zero-order chi connectivity index (χ0) is 27.7. The van der Waals surface area contributed by atoms with E-state index in [2.05, 4.69) is 21.6 Å². The minimum atomic E-state index is -0.568. The summed E-state index contributed by atoms with van der Waals surface area (Å²) in [5.74, 6) is -0.345. The molecule has 0 spiro atoms. The molecule has 11 heteroatoms. The van der Waals surface area contributed by atoms with E-state index in [0.29, 0.717) is 39.3 Å². The van der Waals surface area contributed by atoms with Crippen LogP contribution in [0.5, 0.6) is 0 Å². The number of halogens is 1. The van der Waals surface area contributed by atoms with E-state index < -0.39 is 5.92 Å². The maximum absolute atomic E-state index is 13.2. The third kappa shape index (κ3) is 5.30. The summed E-state index contributed by atoms with van der Waals surface area (Å²) in [6.07, 6.45) is 1.70. The number of rotatable bonds is 6. The first kappa shape index (κ1) is 26.9. The van der Waals surface area contributed by atoms with Crippen LogP contribution in [0.3, 0.4) is 0 Å². The number of aromatic nitrogens is 2. The number of anilines is 2. The molecule has 39 heavy (non-hydrogen) atoms. The molecule has 1 aromatic heterocycles. The Kier molecular flexibility index (Phi) is 7.75. The maximum Gasteiger partial charge on any atom is 0.234 e. The molecule has 8 nitrogen and oxygen atoms in total. The molecule has 1 atom stereocenters. The normalized spacial score (nSPS) is 17.2. The van der Waals surface area contributed by atoms with E-state index in [1.54, 1.807) is 17.0 Å². The fraction of sp³-hybridized carbons (Fsp3) is 0.250. The summed E-state index contributed by atoms with van der Waals surface area (Å²) in [5.41, 5.74) is 11.9. The van der Waals surface area contributed by atoms with E-state index in [-0.39, 0.29) is 28.8 Å². The molecule has 5 rings (SSSR count). The Morgan fingerprint density at radius 3 is 2.74 bits per heavy atom. The molecule has 0 fully saturated rings. The lowest BCUT2D eigenvalue weighted by molar-refractivity contribution is -0.116. The van der Waals surface area contributed by atoms with E-state index in [9.17, 15) is 14.9 Å². The van der Waals surface area contributed by atoms with Gasteiger partial charge in [-0.25, -0.2) is 0 Å². The van der Waals surface area contributed by atoms with Crippen molar-refractivity contribution in [2.45, 2.75) is 43.4 Å². The molecule has 2 aliphatic rings. The van der Waals surface area contributed by atoms with Crippen LogP contribution in [-0.4, -0.2) is 27.6 Å². The molecule has 1 aliphatic heterocycles. The van der Waals surface area contributed by atoms with Gasteiger partial charge in [0, 0.05) is 28.4 Å². The average molecular weight is 577 g/mol. The number of hydrogen-bond acceptors (Lipinski definition) is 9. The number of nitrogens with one attached hydrogen (secondary N) is 1. The molecule has 1 aliphatic carbocycles. The lowest BCUT2D eigenvalue weighted by Gasteiger charge is -2.38. The van der Waals surface area contributed by atoms with E-state index in [1.807, 2.05) is 44.2 Å². The van der Waals surface area contributed by atoms with Crippen molar-refractivity contribution >= 4 is 57.2 Å². The fourth-order valence-corrected chi connectivity index (χ4v) is 6.65. The number of thioether (sulfide) groups is 1. The second-order valence-electron chi connectivity index (χ2n) is 9.30. The minimum Gasteiger partial charge on any atom is -0.384 e. The summed E-state index contributed by atoms with van der Waals surface area (Å²) in [4.78, 5) is 27.5.